The van der Waals surface area contributed by atoms with Crippen LogP contribution in [-0.4, -0.2) is 61.1 Å². The van der Waals surface area contributed by atoms with E-state index in [1.807, 2.05) is 133 Å². The molecule has 4 aromatic rings. The molecule has 2 heterocycles. The first-order valence-corrected chi connectivity index (χ1v) is 16.8. The third-order valence-electron chi connectivity index (χ3n) is 8.35. The van der Waals surface area contributed by atoms with E-state index in [9.17, 15) is 9.59 Å². The van der Waals surface area contributed by atoms with E-state index in [-0.39, 0.29) is 13.2 Å². The highest BCUT2D eigenvalue weighted by Crippen LogP contribution is 2.39. The maximum atomic E-state index is 13.6. The van der Waals surface area contributed by atoms with Crippen molar-refractivity contribution in [3.63, 3.8) is 0 Å². The van der Waals surface area contributed by atoms with E-state index in [1.54, 1.807) is 27.7 Å². The second-order valence-electron chi connectivity index (χ2n) is 13.1. The Morgan fingerprint density at radius 1 is 0.520 bits per heavy atom. The summed E-state index contributed by atoms with van der Waals surface area (Å²) in [5, 5.41) is 0. The normalized spacial score (nSPS) is 23.0. The first kappa shape index (κ1) is 35.0. The molecule has 50 heavy (non-hydrogen) atoms. The second kappa shape index (κ2) is 15.4. The Morgan fingerprint density at radius 2 is 0.840 bits per heavy atom. The van der Waals surface area contributed by atoms with Crippen LogP contribution in [0.1, 0.15) is 49.9 Å². The van der Waals surface area contributed by atoms with Crippen molar-refractivity contribution in [2.24, 2.45) is 0 Å². The van der Waals surface area contributed by atoms with Gasteiger partial charge in [-0.3, -0.25) is 0 Å². The lowest BCUT2D eigenvalue weighted by Gasteiger charge is -2.26. The van der Waals surface area contributed by atoms with Gasteiger partial charge in [0.15, 0.2) is 11.6 Å². The topological polar surface area (TPSA) is 89.5 Å². The smallest absolute Gasteiger partial charge is 0.338 e. The molecular weight excluding hydrogens is 632 g/mol. The van der Waals surface area contributed by atoms with Crippen molar-refractivity contribution >= 4 is 35.2 Å². The van der Waals surface area contributed by atoms with Gasteiger partial charge in [0.2, 0.25) is 0 Å². The summed E-state index contributed by atoms with van der Waals surface area (Å²) < 4.78 is 37.1. The standard InChI is InChI=1S/C42H42O8/c1-41(2)47-35(27-45-39(43)33(31-21-13-7-14-22-31)25-29-17-9-5-10-18-29)37(49-41)38-36(48-42(3,4)50-38)28-46-40(44)34(32-23-15-8-16-24-32)26-30-19-11-6-12-20-30/h5-26,35-38H,27-28H2,1-4H3/b33-25+,34-26+/t35-,36+,37+,38-. The van der Waals surface area contributed by atoms with Gasteiger partial charge in [0.05, 0.1) is 11.1 Å². The minimum atomic E-state index is -1.000. The summed E-state index contributed by atoms with van der Waals surface area (Å²) in [4.78, 5) is 27.3. The summed E-state index contributed by atoms with van der Waals surface area (Å²) in [5.41, 5.74) is 4.02. The number of carbonyl (C=O) groups excluding carboxylic acids is 2. The number of carbonyl (C=O) groups is 2. The molecule has 4 aromatic carbocycles. The van der Waals surface area contributed by atoms with Gasteiger partial charge in [-0.1, -0.05) is 121 Å². The van der Waals surface area contributed by atoms with Crippen LogP contribution in [0.15, 0.2) is 121 Å². The van der Waals surface area contributed by atoms with Gasteiger partial charge in [-0.2, -0.15) is 0 Å². The van der Waals surface area contributed by atoms with E-state index >= 15 is 0 Å². The van der Waals surface area contributed by atoms with E-state index < -0.39 is 47.9 Å². The van der Waals surface area contributed by atoms with Crippen LogP contribution in [0.5, 0.6) is 0 Å². The van der Waals surface area contributed by atoms with E-state index in [0.717, 1.165) is 22.3 Å². The summed E-state index contributed by atoms with van der Waals surface area (Å²) in [6, 6.07) is 38.0. The van der Waals surface area contributed by atoms with Crippen molar-refractivity contribution in [3.8, 4) is 0 Å². The summed E-state index contributed by atoms with van der Waals surface area (Å²) in [7, 11) is 0. The lowest BCUT2D eigenvalue weighted by Crippen LogP contribution is -2.45. The minimum absolute atomic E-state index is 0.101. The van der Waals surface area contributed by atoms with E-state index in [1.165, 1.54) is 0 Å². The zero-order valence-electron chi connectivity index (χ0n) is 28.7. The Bertz CT molecular complexity index is 1660. The van der Waals surface area contributed by atoms with Crippen molar-refractivity contribution in [3.05, 3.63) is 144 Å². The third kappa shape index (κ3) is 8.83. The Labute approximate surface area is 293 Å². The molecule has 2 aliphatic heterocycles. The van der Waals surface area contributed by atoms with Gasteiger partial charge in [0.1, 0.15) is 37.6 Å². The molecule has 8 nitrogen and oxygen atoms in total. The van der Waals surface area contributed by atoms with Crippen molar-refractivity contribution in [1.29, 1.82) is 0 Å². The Morgan fingerprint density at radius 3 is 1.18 bits per heavy atom. The minimum Gasteiger partial charge on any atom is -0.459 e. The maximum absolute atomic E-state index is 13.6. The maximum Gasteiger partial charge on any atom is 0.338 e. The fraction of sp³-hybridized carbons (Fsp3) is 0.286. The Kier molecular flexibility index (Phi) is 10.7. The number of hydrogen-bond acceptors (Lipinski definition) is 8. The quantitative estimate of drug-likeness (QED) is 0.0914. The highest BCUT2D eigenvalue weighted by Gasteiger charge is 2.54. The van der Waals surface area contributed by atoms with Crippen molar-refractivity contribution < 1.29 is 38.0 Å². The highest BCUT2D eigenvalue weighted by atomic mass is 16.8. The average molecular weight is 675 g/mol. The molecule has 0 spiro atoms. The lowest BCUT2D eigenvalue weighted by molar-refractivity contribution is -0.175. The molecule has 0 aliphatic carbocycles. The van der Waals surface area contributed by atoms with Gasteiger partial charge in [0, 0.05) is 0 Å². The van der Waals surface area contributed by atoms with Gasteiger partial charge in [-0.25, -0.2) is 9.59 Å². The van der Waals surface area contributed by atoms with E-state index in [0.29, 0.717) is 11.1 Å². The van der Waals surface area contributed by atoms with Crippen LogP contribution < -0.4 is 0 Å². The van der Waals surface area contributed by atoms with Gasteiger partial charge < -0.3 is 28.4 Å². The molecule has 0 bridgehead atoms. The molecule has 0 N–H and O–H groups in total. The molecule has 0 unspecified atom stereocenters. The van der Waals surface area contributed by atoms with Crippen LogP contribution in [0.2, 0.25) is 0 Å². The van der Waals surface area contributed by atoms with Crippen LogP contribution in [-0.2, 0) is 38.0 Å². The predicted molar refractivity (Wildman–Crippen MR) is 191 cm³/mol. The molecular formula is C42H42O8. The monoisotopic (exact) mass is 674 g/mol. The molecule has 0 amide bonds. The van der Waals surface area contributed by atoms with Crippen molar-refractivity contribution in [2.75, 3.05) is 13.2 Å². The molecule has 4 atom stereocenters. The summed E-state index contributed by atoms with van der Waals surface area (Å²) >= 11 is 0. The van der Waals surface area contributed by atoms with E-state index in [4.69, 9.17) is 28.4 Å². The molecule has 2 aliphatic rings. The second-order valence-corrected chi connectivity index (χ2v) is 13.1. The lowest BCUT2D eigenvalue weighted by atomic mass is 10.0. The number of esters is 2. The fourth-order valence-electron chi connectivity index (χ4n) is 6.20. The summed E-state index contributed by atoms with van der Waals surface area (Å²) in [6.45, 7) is 6.98. The Balaban J connectivity index is 1.19. The number of rotatable bonds is 11. The average Bonchev–Trinajstić information content (AvgIpc) is 3.62. The predicted octanol–water partition coefficient (Wildman–Crippen LogP) is 7.59. The van der Waals surface area contributed by atoms with Gasteiger partial charge >= 0.3 is 11.9 Å². The van der Waals surface area contributed by atoms with Gasteiger partial charge in [-0.15, -0.1) is 0 Å². The zero-order valence-corrected chi connectivity index (χ0v) is 28.7. The first-order valence-electron chi connectivity index (χ1n) is 16.8. The van der Waals surface area contributed by atoms with Crippen molar-refractivity contribution in [2.45, 2.75) is 63.7 Å². The zero-order chi connectivity index (χ0) is 35.1. The summed E-state index contributed by atoms with van der Waals surface area (Å²) in [6.07, 6.45) is 0.830. The Hall–Kier alpha value is -4.86. The van der Waals surface area contributed by atoms with Crippen LogP contribution in [0.25, 0.3) is 23.3 Å². The number of benzene rings is 4. The largest absolute Gasteiger partial charge is 0.459 e. The molecule has 258 valence electrons. The number of ether oxygens (including phenoxy) is 6. The summed E-state index contributed by atoms with van der Waals surface area (Å²) in [5.74, 6) is -3.00. The van der Waals surface area contributed by atoms with Crippen molar-refractivity contribution in [1.82, 2.24) is 0 Å². The third-order valence-corrected chi connectivity index (χ3v) is 8.35. The van der Waals surface area contributed by atoms with Crippen LogP contribution in [0.3, 0.4) is 0 Å². The number of hydrogen-bond donors (Lipinski definition) is 0. The molecule has 2 fully saturated rings. The molecule has 8 heteroatoms. The van der Waals surface area contributed by atoms with Gasteiger partial charge in [0.25, 0.3) is 0 Å². The van der Waals surface area contributed by atoms with Crippen LogP contribution in [0.4, 0.5) is 0 Å². The highest BCUT2D eigenvalue weighted by molar-refractivity contribution is 6.22. The fourth-order valence-corrected chi connectivity index (χ4v) is 6.20. The van der Waals surface area contributed by atoms with E-state index in [2.05, 4.69) is 0 Å². The molecule has 2 saturated heterocycles. The molecule has 0 saturated carbocycles. The van der Waals surface area contributed by atoms with Gasteiger partial charge in [-0.05, 0) is 62.1 Å². The molecule has 0 radical (unpaired) electrons. The molecule has 6 rings (SSSR count). The molecule has 0 aromatic heterocycles. The first-order chi connectivity index (χ1) is 24.1. The van der Waals surface area contributed by atoms with Crippen LogP contribution in [0, 0.1) is 0 Å². The van der Waals surface area contributed by atoms with Crippen LogP contribution >= 0.6 is 0 Å². The SMILES string of the molecule is CC1(C)O[C@@H]([C@H]2OC(C)(C)O[C@@H]2COC(=O)/C(=C/c2ccccc2)c2ccccc2)[C@H](COC(=O)/C(=C/c2ccccc2)c2ccccc2)O1.